The number of aryl methyl sites for hydroxylation is 1. The van der Waals surface area contributed by atoms with Crippen molar-refractivity contribution < 1.29 is 24.0 Å². The van der Waals surface area contributed by atoms with Gasteiger partial charge in [0.1, 0.15) is 0 Å². The second-order valence-corrected chi connectivity index (χ2v) is 6.97. The van der Waals surface area contributed by atoms with E-state index in [4.69, 9.17) is 4.42 Å². The minimum Gasteiger partial charge on any atom is -0.441 e. The maximum Gasteiger partial charge on any atom is 0.252 e. The average Bonchev–Trinajstić information content (AvgIpc) is 3.19. The smallest absolute Gasteiger partial charge is 0.252 e. The molecule has 0 saturated heterocycles. The molecule has 3 N–H and O–H groups in total. The molecule has 2 rings (SSSR count). The molecular weight excluding hydrogens is 388 g/mol. The van der Waals surface area contributed by atoms with Crippen molar-refractivity contribution in [3.8, 4) is 11.3 Å². The number of benzene rings is 1. The molecule has 0 aliphatic heterocycles. The summed E-state index contributed by atoms with van der Waals surface area (Å²) in [4.78, 5) is 39.5. The first kappa shape index (κ1) is 23.1. The molecular formula is C21H28N4O5. The predicted molar refractivity (Wildman–Crippen MR) is 109 cm³/mol. The Morgan fingerprint density at radius 3 is 2.77 bits per heavy atom. The highest BCUT2D eigenvalue weighted by atomic mass is 16.5. The van der Waals surface area contributed by atoms with Crippen LogP contribution >= 0.6 is 0 Å². The van der Waals surface area contributed by atoms with Crippen LogP contribution in [0.15, 0.2) is 34.9 Å². The van der Waals surface area contributed by atoms with E-state index in [2.05, 4.69) is 15.6 Å². The zero-order valence-corrected chi connectivity index (χ0v) is 17.3. The summed E-state index contributed by atoms with van der Waals surface area (Å²) < 4.78 is 5.48. The molecule has 3 amide bonds. The van der Waals surface area contributed by atoms with Crippen molar-refractivity contribution in [2.75, 3.05) is 13.2 Å². The van der Waals surface area contributed by atoms with Crippen molar-refractivity contribution in [3.63, 3.8) is 0 Å². The van der Waals surface area contributed by atoms with E-state index < -0.39 is 5.92 Å². The zero-order valence-electron chi connectivity index (χ0n) is 17.3. The van der Waals surface area contributed by atoms with Gasteiger partial charge in [0.2, 0.25) is 12.3 Å². The Bertz CT molecular complexity index is 851. The highest BCUT2D eigenvalue weighted by Gasteiger charge is 2.20. The lowest BCUT2D eigenvalue weighted by Crippen LogP contribution is -2.43. The minimum atomic E-state index is -0.554. The first-order valence-electron chi connectivity index (χ1n) is 9.94. The van der Waals surface area contributed by atoms with Crippen molar-refractivity contribution in [1.29, 1.82) is 0 Å². The molecule has 1 aromatic heterocycles. The van der Waals surface area contributed by atoms with Crippen LogP contribution in [0.1, 0.15) is 48.9 Å². The molecule has 0 spiro atoms. The molecule has 1 atom stereocenters. The summed E-state index contributed by atoms with van der Waals surface area (Å²) in [7, 11) is 0. The maximum absolute atomic E-state index is 12.4. The predicted octanol–water partition coefficient (Wildman–Crippen LogP) is 2.50. The third kappa shape index (κ3) is 7.00. The fraction of sp³-hybridized carbons (Fsp3) is 0.429. The summed E-state index contributed by atoms with van der Waals surface area (Å²) in [5.41, 5.74) is 1.14. The van der Waals surface area contributed by atoms with E-state index >= 15 is 0 Å². The number of oxazole rings is 1. The molecule has 0 bridgehead atoms. The first-order valence-corrected chi connectivity index (χ1v) is 9.94. The van der Waals surface area contributed by atoms with Crippen molar-refractivity contribution in [1.82, 2.24) is 20.7 Å². The number of amides is 3. The highest BCUT2D eigenvalue weighted by molar-refractivity contribution is 5.95. The number of hydroxylamine groups is 2. The molecule has 1 aromatic carbocycles. The number of hydrogen-bond acceptors (Lipinski definition) is 6. The fourth-order valence-electron chi connectivity index (χ4n) is 2.98. The number of carbonyl (C=O) groups excluding carboxylic acids is 3. The molecule has 9 heteroatoms. The van der Waals surface area contributed by atoms with Gasteiger partial charge in [-0.1, -0.05) is 38.3 Å². The van der Waals surface area contributed by atoms with Gasteiger partial charge in [-0.2, -0.15) is 0 Å². The Hall–Kier alpha value is -3.20. The fourth-order valence-corrected chi connectivity index (χ4v) is 2.98. The Morgan fingerprint density at radius 2 is 2.10 bits per heavy atom. The lowest BCUT2D eigenvalue weighted by Gasteiger charge is -2.19. The van der Waals surface area contributed by atoms with Crippen LogP contribution in [0.5, 0.6) is 0 Å². The van der Waals surface area contributed by atoms with Crippen molar-refractivity contribution in [2.45, 2.75) is 39.5 Å². The summed E-state index contributed by atoms with van der Waals surface area (Å²) in [6.45, 7) is 3.63. The molecule has 0 saturated carbocycles. The van der Waals surface area contributed by atoms with Crippen LogP contribution in [0.3, 0.4) is 0 Å². The molecule has 162 valence electrons. The Kier molecular flexibility index (Phi) is 9.02. The molecule has 0 radical (unpaired) electrons. The van der Waals surface area contributed by atoms with Crippen LogP contribution < -0.4 is 10.6 Å². The zero-order chi connectivity index (χ0) is 21.9. The van der Waals surface area contributed by atoms with Gasteiger partial charge in [-0.15, -0.1) is 0 Å². The summed E-state index contributed by atoms with van der Waals surface area (Å²) in [5, 5.41) is 15.2. The van der Waals surface area contributed by atoms with Gasteiger partial charge >= 0.3 is 0 Å². The average molecular weight is 416 g/mol. The number of aromatic nitrogens is 1. The van der Waals surface area contributed by atoms with Gasteiger partial charge in [-0.25, -0.2) is 10.0 Å². The van der Waals surface area contributed by atoms with Crippen LogP contribution in [-0.4, -0.2) is 46.7 Å². The second kappa shape index (κ2) is 11.7. The SMILES string of the molecule is CCCCCC(CN(O)C=O)C(=O)NCNC(=O)c1cccc(-c2cnc(C)o2)c1. The van der Waals surface area contributed by atoms with Gasteiger partial charge in [-0.3, -0.25) is 19.6 Å². The van der Waals surface area contributed by atoms with Gasteiger partial charge in [0.05, 0.1) is 25.3 Å². The van der Waals surface area contributed by atoms with Crippen LogP contribution in [-0.2, 0) is 9.59 Å². The van der Waals surface area contributed by atoms with Crippen LogP contribution in [0.4, 0.5) is 0 Å². The molecule has 0 fully saturated rings. The second-order valence-electron chi connectivity index (χ2n) is 6.97. The lowest BCUT2D eigenvalue weighted by atomic mass is 10.0. The van der Waals surface area contributed by atoms with E-state index in [1.165, 1.54) is 0 Å². The third-order valence-corrected chi connectivity index (χ3v) is 4.60. The van der Waals surface area contributed by atoms with Gasteiger partial charge < -0.3 is 15.1 Å². The van der Waals surface area contributed by atoms with Crippen LogP contribution in [0.2, 0.25) is 0 Å². The Labute approximate surface area is 175 Å². The number of hydrogen-bond donors (Lipinski definition) is 3. The van der Waals surface area contributed by atoms with E-state index in [1.54, 1.807) is 31.3 Å². The maximum atomic E-state index is 12.4. The van der Waals surface area contributed by atoms with E-state index in [9.17, 15) is 19.6 Å². The largest absolute Gasteiger partial charge is 0.441 e. The number of nitrogens with one attached hydrogen (secondary N) is 2. The van der Waals surface area contributed by atoms with Crippen molar-refractivity contribution in [2.24, 2.45) is 5.92 Å². The highest BCUT2D eigenvalue weighted by Crippen LogP contribution is 2.21. The molecule has 0 aliphatic carbocycles. The van der Waals surface area contributed by atoms with Gasteiger partial charge in [-0.05, 0) is 18.6 Å². The summed E-state index contributed by atoms with van der Waals surface area (Å²) >= 11 is 0. The van der Waals surface area contributed by atoms with Gasteiger partial charge in [0.25, 0.3) is 5.91 Å². The number of rotatable bonds is 12. The number of unbranched alkanes of at least 4 members (excludes halogenated alkanes) is 2. The van der Waals surface area contributed by atoms with E-state index in [0.717, 1.165) is 24.8 Å². The first-order chi connectivity index (χ1) is 14.4. The van der Waals surface area contributed by atoms with E-state index in [1.807, 2.05) is 13.0 Å². The van der Waals surface area contributed by atoms with Crippen molar-refractivity contribution >= 4 is 18.2 Å². The summed E-state index contributed by atoms with van der Waals surface area (Å²) in [6.07, 6.45) is 5.15. The Balaban J connectivity index is 1.90. The molecule has 30 heavy (non-hydrogen) atoms. The monoisotopic (exact) mass is 416 g/mol. The summed E-state index contributed by atoms with van der Waals surface area (Å²) in [6, 6.07) is 6.89. The third-order valence-electron chi connectivity index (χ3n) is 4.60. The molecule has 0 aliphatic rings. The van der Waals surface area contributed by atoms with Gasteiger partial charge in [0, 0.05) is 18.1 Å². The van der Waals surface area contributed by atoms with Crippen LogP contribution in [0.25, 0.3) is 11.3 Å². The minimum absolute atomic E-state index is 0.0693. The Morgan fingerprint density at radius 1 is 1.30 bits per heavy atom. The normalized spacial score (nSPS) is 11.6. The number of nitrogens with zero attached hydrogens (tertiary/aromatic N) is 2. The van der Waals surface area contributed by atoms with E-state index in [0.29, 0.717) is 28.7 Å². The number of carbonyl (C=O) groups is 3. The molecule has 1 heterocycles. The lowest BCUT2D eigenvalue weighted by molar-refractivity contribution is -0.154. The van der Waals surface area contributed by atoms with Gasteiger partial charge in [0.15, 0.2) is 11.7 Å². The van der Waals surface area contributed by atoms with E-state index in [-0.39, 0.29) is 31.4 Å². The quantitative estimate of drug-likeness (QED) is 0.161. The standard InChI is InChI=1S/C21H28N4O5/c1-3-4-5-7-18(12-25(29)14-26)21(28)24-13-23-20(27)17-9-6-8-16(10-17)19-11-22-15(2)30-19/h6,8-11,14,18,29H,3-5,7,12-13H2,1-2H3,(H,23,27)(H,24,28). The molecule has 1 unspecified atom stereocenters. The molecule has 9 nitrogen and oxygen atoms in total. The van der Waals surface area contributed by atoms with Crippen LogP contribution in [0, 0.1) is 12.8 Å². The summed E-state index contributed by atoms with van der Waals surface area (Å²) in [5.74, 6) is -0.145. The van der Waals surface area contributed by atoms with Crippen molar-refractivity contribution in [3.05, 3.63) is 41.9 Å². The molecule has 2 aromatic rings. The topological polar surface area (TPSA) is 125 Å².